The fourth-order valence-electron chi connectivity index (χ4n) is 2.03. The first-order valence-electron chi connectivity index (χ1n) is 6.33. The summed E-state index contributed by atoms with van der Waals surface area (Å²) in [6.07, 6.45) is 1.78. The van der Waals surface area contributed by atoms with E-state index in [1.807, 2.05) is 43.3 Å². The van der Waals surface area contributed by atoms with Crippen LogP contribution < -0.4 is 10.2 Å². The molecule has 1 atom stereocenters. The number of hydrogen-bond acceptors (Lipinski definition) is 3. The van der Waals surface area contributed by atoms with Crippen molar-refractivity contribution in [3.8, 4) is 0 Å². The van der Waals surface area contributed by atoms with E-state index < -0.39 is 0 Å². The summed E-state index contributed by atoms with van der Waals surface area (Å²) in [4.78, 5) is 6.34. The number of halogens is 2. The van der Waals surface area contributed by atoms with E-state index in [0.29, 0.717) is 10.0 Å². The van der Waals surface area contributed by atoms with Gasteiger partial charge in [-0.3, -0.25) is 0 Å². The summed E-state index contributed by atoms with van der Waals surface area (Å²) in [7, 11) is 3.93. The van der Waals surface area contributed by atoms with E-state index in [1.165, 1.54) is 0 Å². The predicted octanol–water partition coefficient (Wildman–Crippen LogP) is 4.63. The Bertz CT molecular complexity index is 599. The van der Waals surface area contributed by atoms with Gasteiger partial charge in [0.1, 0.15) is 0 Å². The van der Waals surface area contributed by atoms with Crippen molar-refractivity contribution in [1.29, 1.82) is 0 Å². The van der Waals surface area contributed by atoms with Crippen LogP contribution in [0.5, 0.6) is 0 Å². The van der Waals surface area contributed by atoms with Gasteiger partial charge < -0.3 is 10.2 Å². The Labute approximate surface area is 129 Å². The zero-order chi connectivity index (χ0) is 14.7. The average Bonchev–Trinajstić information content (AvgIpc) is 2.38. The van der Waals surface area contributed by atoms with Crippen LogP contribution in [0.2, 0.25) is 10.0 Å². The van der Waals surface area contributed by atoms with Crippen molar-refractivity contribution in [3.63, 3.8) is 0 Å². The number of nitrogens with zero attached hydrogens (tertiary/aromatic N) is 2. The Balaban J connectivity index is 2.26. The predicted molar refractivity (Wildman–Crippen MR) is 87.1 cm³/mol. The smallest absolute Gasteiger partial charge is 0.151 e. The first-order chi connectivity index (χ1) is 9.49. The fraction of sp³-hybridized carbons (Fsp3) is 0.267. The molecule has 0 saturated carbocycles. The van der Waals surface area contributed by atoms with Gasteiger partial charge in [-0.25, -0.2) is 4.98 Å². The van der Waals surface area contributed by atoms with Crippen molar-refractivity contribution >= 4 is 34.7 Å². The van der Waals surface area contributed by atoms with E-state index in [-0.39, 0.29) is 6.04 Å². The maximum Gasteiger partial charge on any atom is 0.151 e. The molecule has 0 saturated heterocycles. The highest BCUT2D eigenvalue weighted by Gasteiger charge is 2.13. The second-order valence-electron chi connectivity index (χ2n) is 4.80. The average molecular weight is 310 g/mol. The molecule has 0 amide bonds. The third-order valence-electron chi connectivity index (χ3n) is 3.01. The summed E-state index contributed by atoms with van der Waals surface area (Å²) in [5, 5.41) is 4.74. The van der Waals surface area contributed by atoms with Gasteiger partial charge in [-0.05, 0) is 36.8 Å². The van der Waals surface area contributed by atoms with Crippen molar-refractivity contribution in [3.05, 3.63) is 52.1 Å². The third kappa shape index (κ3) is 3.35. The van der Waals surface area contributed by atoms with Gasteiger partial charge in [0.15, 0.2) is 5.82 Å². The Kier molecular flexibility index (Phi) is 4.73. The van der Waals surface area contributed by atoms with Crippen LogP contribution in [-0.2, 0) is 0 Å². The normalized spacial score (nSPS) is 12.1. The van der Waals surface area contributed by atoms with Gasteiger partial charge in [-0.1, -0.05) is 29.3 Å². The molecule has 3 nitrogen and oxygen atoms in total. The molecule has 5 heteroatoms. The Morgan fingerprint density at radius 2 is 1.95 bits per heavy atom. The molecule has 0 aliphatic heterocycles. The molecule has 1 heterocycles. The highest BCUT2D eigenvalue weighted by molar-refractivity contribution is 6.35. The minimum absolute atomic E-state index is 0.0580. The number of anilines is 2. The first kappa shape index (κ1) is 14.9. The van der Waals surface area contributed by atoms with Crippen LogP contribution in [0.4, 0.5) is 11.5 Å². The zero-order valence-corrected chi connectivity index (χ0v) is 13.2. The minimum Gasteiger partial charge on any atom is -0.375 e. The number of aromatic nitrogens is 1. The summed E-state index contributed by atoms with van der Waals surface area (Å²) < 4.78 is 0. The summed E-state index contributed by atoms with van der Waals surface area (Å²) >= 11 is 12.2. The standard InChI is InChI=1S/C15H17Cl2N3/c1-10(12-7-6-11(16)9-13(12)17)19-14-5-4-8-18-15(14)20(2)3/h4-10,19H,1-3H3. The van der Waals surface area contributed by atoms with Gasteiger partial charge in [0, 0.05) is 30.3 Å². The van der Waals surface area contributed by atoms with Gasteiger partial charge in [0.05, 0.1) is 11.7 Å². The molecule has 0 bridgehead atoms. The number of pyridine rings is 1. The molecule has 1 aromatic heterocycles. The highest BCUT2D eigenvalue weighted by atomic mass is 35.5. The van der Waals surface area contributed by atoms with Crippen LogP contribution in [0.15, 0.2) is 36.5 Å². The van der Waals surface area contributed by atoms with E-state index in [1.54, 1.807) is 12.3 Å². The van der Waals surface area contributed by atoms with Gasteiger partial charge in [0.2, 0.25) is 0 Å². The number of nitrogens with one attached hydrogen (secondary N) is 1. The molecular formula is C15H17Cl2N3. The van der Waals surface area contributed by atoms with Gasteiger partial charge in [-0.2, -0.15) is 0 Å². The monoisotopic (exact) mass is 309 g/mol. The Morgan fingerprint density at radius 1 is 1.20 bits per heavy atom. The number of hydrogen-bond donors (Lipinski definition) is 1. The Hall–Kier alpha value is -1.45. The fourth-order valence-corrected chi connectivity index (χ4v) is 2.60. The molecule has 0 radical (unpaired) electrons. The maximum atomic E-state index is 6.24. The van der Waals surface area contributed by atoms with E-state index in [9.17, 15) is 0 Å². The van der Waals surface area contributed by atoms with Crippen molar-refractivity contribution in [2.75, 3.05) is 24.3 Å². The molecule has 2 aromatic rings. The van der Waals surface area contributed by atoms with Crippen molar-refractivity contribution < 1.29 is 0 Å². The van der Waals surface area contributed by atoms with Crippen molar-refractivity contribution in [2.24, 2.45) is 0 Å². The SMILES string of the molecule is CC(Nc1cccnc1N(C)C)c1ccc(Cl)cc1Cl. The molecule has 0 aliphatic carbocycles. The van der Waals surface area contributed by atoms with Gasteiger partial charge >= 0.3 is 0 Å². The van der Waals surface area contributed by atoms with Crippen LogP contribution in [0, 0.1) is 0 Å². The quantitative estimate of drug-likeness (QED) is 0.892. The topological polar surface area (TPSA) is 28.2 Å². The van der Waals surface area contributed by atoms with Crippen LogP contribution >= 0.6 is 23.2 Å². The largest absolute Gasteiger partial charge is 0.375 e. The van der Waals surface area contributed by atoms with Crippen LogP contribution in [0.25, 0.3) is 0 Å². The van der Waals surface area contributed by atoms with Crippen molar-refractivity contribution in [1.82, 2.24) is 4.98 Å². The lowest BCUT2D eigenvalue weighted by Crippen LogP contribution is -2.15. The molecule has 20 heavy (non-hydrogen) atoms. The summed E-state index contributed by atoms with van der Waals surface area (Å²) in [5.74, 6) is 0.893. The van der Waals surface area contributed by atoms with E-state index in [2.05, 4.69) is 17.2 Å². The van der Waals surface area contributed by atoms with Gasteiger partial charge in [0.25, 0.3) is 0 Å². The Morgan fingerprint density at radius 3 is 2.60 bits per heavy atom. The van der Waals surface area contributed by atoms with Crippen LogP contribution in [-0.4, -0.2) is 19.1 Å². The van der Waals surface area contributed by atoms with Crippen LogP contribution in [0.1, 0.15) is 18.5 Å². The second kappa shape index (κ2) is 6.33. The molecule has 0 spiro atoms. The first-order valence-corrected chi connectivity index (χ1v) is 7.08. The van der Waals surface area contributed by atoms with E-state index in [4.69, 9.17) is 23.2 Å². The highest BCUT2D eigenvalue weighted by Crippen LogP contribution is 2.30. The summed E-state index contributed by atoms with van der Waals surface area (Å²) in [6.45, 7) is 2.06. The molecule has 2 rings (SSSR count). The third-order valence-corrected chi connectivity index (χ3v) is 3.57. The molecule has 0 aliphatic rings. The molecular weight excluding hydrogens is 293 g/mol. The summed E-state index contributed by atoms with van der Waals surface area (Å²) in [5.41, 5.74) is 1.97. The van der Waals surface area contributed by atoms with Crippen molar-refractivity contribution in [2.45, 2.75) is 13.0 Å². The number of rotatable bonds is 4. The number of benzene rings is 1. The minimum atomic E-state index is 0.0580. The van der Waals surface area contributed by atoms with Crippen LogP contribution in [0.3, 0.4) is 0 Å². The van der Waals surface area contributed by atoms with E-state index in [0.717, 1.165) is 17.1 Å². The molecule has 106 valence electrons. The lowest BCUT2D eigenvalue weighted by molar-refractivity contribution is 0.880. The second-order valence-corrected chi connectivity index (χ2v) is 5.64. The molecule has 0 fully saturated rings. The molecule has 1 aromatic carbocycles. The lowest BCUT2D eigenvalue weighted by atomic mass is 10.1. The maximum absolute atomic E-state index is 6.24. The lowest BCUT2D eigenvalue weighted by Gasteiger charge is -2.21. The molecule has 1 unspecified atom stereocenters. The van der Waals surface area contributed by atoms with E-state index >= 15 is 0 Å². The van der Waals surface area contributed by atoms with Gasteiger partial charge in [-0.15, -0.1) is 0 Å². The zero-order valence-electron chi connectivity index (χ0n) is 11.7. The summed E-state index contributed by atoms with van der Waals surface area (Å²) in [6, 6.07) is 9.51. The molecule has 1 N–H and O–H groups in total.